The van der Waals surface area contributed by atoms with Crippen molar-refractivity contribution in [2.45, 2.75) is 32.9 Å². The molecule has 1 aliphatic rings. The van der Waals surface area contributed by atoms with Crippen molar-refractivity contribution in [3.05, 3.63) is 69.9 Å². The molecule has 1 aromatic heterocycles. The van der Waals surface area contributed by atoms with E-state index in [0.29, 0.717) is 40.6 Å². The van der Waals surface area contributed by atoms with Crippen LogP contribution in [0.4, 0.5) is 36.3 Å². The number of aryl methyl sites for hydroxylation is 1. The second kappa shape index (κ2) is 8.43. The Bertz CT molecular complexity index is 1200. The van der Waals surface area contributed by atoms with Gasteiger partial charge in [-0.1, -0.05) is 30.7 Å². The number of halogens is 4. The van der Waals surface area contributed by atoms with Crippen molar-refractivity contribution in [2.24, 2.45) is 5.92 Å². The molecule has 0 bridgehead atoms. The van der Waals surface area contributed by atoms with Crippen LogP contribution in [0.3, 0.4) is 0 Å². The normalized spacial score (nSPS) is 15.9. The van der Waals surface area contributed by atoms with Crippen LogP contribution < -0.4 is 10.6 Å². The highest BCUT2D eigenvalue weighted by molar-refractivity contribution is 6.31. The van der Waals surface area contributed by atoms with Crippen LogP contribution in [0.1, 0.15) is 40.5 Å². The number of nitrogens with zero attached hydrogens (tertiary/aromatic N) is 2. The maximum absolute atomic E-state index is 13.1. The number of fused-ring (bicyclic) bond motifs is 1. The van der Waals surface area contributed by atoms with Gasteiger partial charge in [0.2, 0.25) is 5.95 Å². The molecule has 1 unspecified atom stereocenters. The Kier molecular flexibility index (Phi) is 5.81. The molecule has 0 radical (unpaired) electrons. The summed E-state index contributed by atoms with van der Waals surface area (Å²) in [5, 5.41) is 6.53. The third-order valence-electron chi connectivity index (χ3n) is 5.22. The fourth-order valence-electron chi connectivity index (χ4n) is 3.62. The summed E-state index contributed by atoms with van der Waals surface area (Å²) in [7, 11) is 0. The average molecular weight is 461 g/mol. The Morgan fingerprint density at radius 1 is 1.03 bits per heavy atom. The number of nitrogens with one attached hydrogen (secondary N) is 2. The summed E-state index contributed by atoms with van der Waals surface area (Å²) in [5.41, 5.74) is 1.90. The number of alkyl halides is 3. The molecule has 4 rings (SSSR count). The standard InChI is InChI=1S/C23H20ClF3N4O/c1-12-8-18-20(19(32)9-12)21(28-16-7-6-13(2)17(24)11-16)31-22(30-18)29-15-5-3-4-14(10-15)23(25,26)27/h3-7,10-12H,8-9H2,1-2H3,(H2,28,29,30,31). The van der Waals surface area contributed by atoms with Gasteiger partial charge in [-0.15, -0.1) is 0 Å². The third-order valence-corrected chi connectivity index (χ3v) is 5.63. The Labute approximate surface area is 188 Å². The monoisotopic (exact) mass is 460 g/mol. The highest BCUT2D eigenvalue weighted by Gasteiger charge is 2.31. The third kappa shape index (κ3) is 4.70. The molecule has 0 aliphatic heterocycles. The van der Waals surface area contributed by atoms with Gasteiger partial charge in [0.05, 0.1) is 16.8 Å². The van der Waals surface area contributed by atoms with Crippen LogP contribution in [-0.2, 0) is 12.6 Å². The SMILES string of the molecule is Cc1ccc(Nc2nc(Nc3cccc(C(F)(F)F)c3)nc3c2C(=O)CC(C)C3)cc1Cl. The Morgan fingerprint density at radius 3 is 2.50 bits per heavy atom. The van der Waals surface area contributed by atoms with Crippen LogP contribution >= 0.6 is 11.6 Å². The van der Waals surface area contributed by atoms with E-state index in [0.717, 1.165) is 17.7 Å². The number of carbonyl (C=O) groups excluding carboxylic acids is 1. The van der Waals surface area contributed by atoms with Gasteiger partial charge < -0.3 is 10.6 Å². The van der Waals surface area contributed by atoms with E-state index < -0.39 is 11.7 Å². The second-order valence-electron chi connectivity index (χ2n) is 7.95. The molecule has 0 fully saturated rings. The molecule has 2 N–H and O–H groups in total. The Morgan fingerprint density at radius 2 is 1.78 bits per heavy atom. The lowest BCUT2D eigenvalue weighted by Crippen LogP contribution is -2.22. The molecule has 0 spiro atoms. The molecule has 3 aromatic rings. The molecule has 32 heavy (non-hydrogen) atoms. The summed E-state index contributed by atoms with van der Waals surface area (Å²) >= 11 is 6.22. The summed E-state index contributed by atoms with van der Waals surface area (Å²) < 4.78 is 39.2. The minimum absolute atomic E-state index is 0.0786. The number of hydrogen-bond acceptors (Lipinski definition) is 5. The molecular formula is C23H20ClF3N4O. The van der Waals surface area contributed by atoms with Crippen molar-refractivity contribution >= 4 is 40.5 Å². The van der Waals surface area contributed by atoms with Crippen molar-refractivity contribution in [2.75, 3.05) is 10.6 Å². The van der Waals surface area contributed by atoms with Gasteiger partial charge in [0.15, 0.2) is 5.78 Å². The smallest absolute Gasteiger partial charge is 0.339 e. The van der Waals surface area contributed by atoms with Crippen LogP contribution in [-0.4, -0.2) is 15.8 Å². The van der Waals surface area contributed by atoms with E-state index in [1.54, 1.807) is 6.07 Å². The number of rotatable bonds is 4. The van der Waals surface area contributed by atoms with Crippen LogP contribution in [0, 0.1) is 12.8 Å². The quantitative estimate of drug-likeness (QED) is 0.453. The van der Waals surface area contributed by atoms with Gasteiger partial charge in [0, 0.05) is 22.8 Å². The molecule has 0 saturated heterocycles. The summed E-state index contributed by atoms with van der Waals surface area (Å²) in [6, 6.07) is 10.2. The molecule has 1 atom stereocenters. The average Bonchev–Trinajstić information content (AvgIpc) is 2.69. The lowest BCUT2D eigenvalue weighted by molar-refractivity contribution is -0.137. The molecule has 5 nitrogen and oxygen atoms in total. The van der Waals surface area contributed by atoms with Gasteiger partial charge in [-0.3, -0.25) is 4.79 Å². The lowest BCUT2D eigenvalue weighted by Gasteiger charge is -2.23. The summed E-state index contributed by atoms with van der Waals surface area (Å²) in [5.74, 6) is 0.421. The number of anilines is 4. The molecule has 1 aliphatic carbocycles. The highest BCUT2D eigenvalue weighted by atomic mass is 35.5. The summed E-state index contributed by atoms with van der Waals surface area (Å²) in [4.78, 5) is 21.6. The van der Waals surface area contributed by atoms with Gasteiger partial charge >= 0.3 is 6.18 Å². The fraction of sp³-hybridized carbons (Fsp3) is 0.261. The summed E-state index contributed by atoms with van der Waals surface area (Å²) in [6.45, 7) is 3.83. The van der Waals surface area contributed by atoms with Crippen LogP contribution in [0.15, 0.2) is 42.5 Å². The zero-order chi connectivity index (χ0) is 23.0. The highest BCUT2D eigenvalue weighted by Crippen LogP contribution is 2.34. The Hall–Kier alpha value is -3.13. The number of hydrogen-bond donors (Lipinski definition) is 2. The number of ketones is 1. The molecule has 9 heteroatoms. The number of Topliss-reactive ketones (excluding diaryl/α,β-unsaturated/α-hetero) is 1. The number of aromatic nitrogens is 2. The van der Waals surface area contributed by atoms with E-state index in [9.17, 15) is 18.0 Å². The molecule has 0 amide bonds. The molecule has 166 valence electrons. The zero-order valence-corrected chi connectivity index (χ0v) is 18.1. The first-order valence-electron chi connectivity index (χ1n) is 10.0. The van der Waals surface area contributed by atoms with Crippen molar-refractivity contribution < 1.29 is 18.0 Å². The van der Waals surface area contributed by atoms with Crippen molar-refractivity contribution in [1.82, 2.24) is 9.97 Å². The van der Waals surface area contributed by atoms with Gasteiger partial charge in [0.1, 0.15) is 5.82 Å². The largest absolute Gasteiger partial charge is 0.416 e. The predicted octanol–water partition coefficient (Wildman–Crippen LogP) is 6.71. The van der Waals surface area contributed by atoms with Crippen LogP contribution in [0.25, 0.3) is 0 Å². The molecular weight excluding hydrogens is 441 g/mol. The second-order valence-corrected chi connectivity index (χ2v) is 8.35. The molecule has 0 saturated carbocycles. The van der Waals surface area contributed by atoms with E-state index >= 15 is 0 Å². The van der Waals surface area contributed by atoms with E-state index in [2.05, 4.69) is 20.6 Å². The van der Waals surface area contributed by atoms with E-state index in [1.165, 1.54) is 12.1 Å². The van der Waals surface area contributed by atoms with Crippen LogP contribution in [0.5, 0.6) is 0 Å². The minimum atomic E-state index is -4.46. The summed E-state index contributed by atoms with van der Waals surface area (Å²) in [6.07, 6.45) is -3.53. The van der Waals surface area contributed by atoms with Gasteiger partial charge in [-0.05, 0) is 55.2 Å². The van der Waals surface area contributed by atoms with Gasteiger partial charge in [-0.2, -0.15) is 18.2 Å². The van der Waals surface area contributed by atoms with Gasteiger partial charge in [0.25, 0.3) is 0 Å². The molecule has 2 aromatic carbocycles. The van der Waals surface area contributed by atoms with E-state index in [1.807, 2.05) is 26.0 Å². The zero-order valence-electron chi connectivity index (χ0n) is 17.3. The van der Waals surface area contributed by atoms with Gasteiger partial charge in [-0.25, -0.2) is 4.98 Å². The molecule has 1 heterocycles. The van der Waals surface area contributed by atoms with Crippen LogP contribution in [0.2, 0.25) is 5.02 Å². The number of carbonyl (C=O) groups is 1. The predicted molar refractivity (Wildman–Crippen MR) is 118 cm³/mol. The van der Waals surface area contributed by atoms with E-state index in [-0.39, 0.29) is 23.3 Å². The topological polar surface area (TPSA) is 66.9 Å². The lowest BCUT2D eigenvalue weighted by atomic mass is 9.87. The van der Waals surface area contributed by atoms with Crippen molar-refractivity contribution in [1.29, 1.82) is 0 Å². The first-order valence-corrected chi connectivity index (χ1v) is 10.4. The first-order chi connectivity index (χ1) is 15.1. The first kappa shape index (κ1) is 22.1. The number of benzene rings is 2. The Balaban J connectivity index is 1.74. The minimum Gasteiger partial charge on any atom is -0.339 e. The maximum atomic E-state index is 13.1. The van der Waals surface area contributed by atoms with Crippen molar-refractivity contribution in [3.8, 4) is 0 Å². The fourth-order valence-corrected chi connectivity index (χ4v) is 3.81. The van der Waals surface area contributed by atoms with E-state index in [4.69, 9.17) is 11.6 Å². The van der Waals surface area contributed by atoms with Crippen molar-refractivity contribution in [3.63, 3.8) is 0 Å². The maximum Gasteiger partial charge on any atom is 0.416 e.